The third kappa shape index (κ3) is 5.77. The highest BCUT2D eigenvalue weighted by molar-refractivity contribution is 5.98. The molecule has 0 aliphatic carbocycles. The van der Waals surface area contributed by atoms with Crippen molar-refractivity contribution in [2.75, 3.05) is 13.7 Å². The minimum atomic E-state index is -0.587. The normalized spacial score (nSPS) is 10.8. The van der Waals surface area contributed by atoms with Crippen molar-refractivity contribution in [1.82, 2.24) is 0 Å². The molecule has 5 nitrogen and oxygen atoms in total. The first kappa shape index (κ1) is 19.2. The van der Waals surface area contributed by atoms with E-state index in [0.29, 0.717) is 17.1 Å². The average molecular weight is 354 g/mol. The molecular weight excluding hydrogens is 332 g/mol. The second kappa shape index (κ2) is 9.42. The molecule has 0 unspecified atom stereocenters. The fourth-order valence-corrected chi connectivity index (χ4v) is 2.20. The first-order valence-electron chi connectivity index (χ1n) is 8.27. The van der Waals surface area contributed by atoms with Crippen molar-refractivity contribution in [3.63, 3.8) is 0 Å². The SMILES string of the molecule is COc1cc(/C=C/C(=O)OCC(=O)c2ccccc2)ccc1OC(C)C. The van der Waals surface area contributed by atoms with Crippen molar-refractivity contribution in [2.24, 2.45) is 0 Å². The fourth-order valence-electron chi connectivity index (χ4n) is 2.20. The third-order valence-corrected chi connectivity index (χ3v) is 3.40. The van der Waals surface area contributed by atoms with Crippen molar-refractivity contribution >= 4 is 17.8 Å². The summed E-state index contributed by atoms with van der Waals surface area (Å²) in [5.41, 5.74) is 1.26. The summed E-state index contributed by atoms with van der Waals surface area (Å²) in [5.74, 6) is 0.379. The summed E-state index contributed by atoms with van der Waals surface area (Å²) in [6.07, 6.45) is 2.90. The van der Waals surface area contributed by atoms with Gasteiger partial charge in [-0.3, -0.25) is 4.79 Å². The Kier molecular flexibility index (Phi) is 6.97. The van der Waals surface area contributed by atoms with Gasteiger partial charge in [-0.15, -0.1) is 0 Å². The van der Waals surface area contributed by atoms with Gasteiger partial charge in [0, 0.05) is 11.6 Å². The van der Waals surface area contributed by atoms with Crippen molar-refractivity contribution in [2.45, 2.75) is 20.0 Å². The lowest BCUT2D eigenvalue weighted by Crippen LogP contribution is -2.12. The van der Waals surface area contributed by atoms with E-state index >= 15 is 0 Å². The molecule has 0 aromatic heterocycles. The van der Waals surface area contributed by atoms with Crippen LogP contribution in [0.2, 0.25) is 0 Å². The number of rotatable bonds is 8. The Balaban J connectivity index is 1.94. The first-order valence-corrected chi connectivity index (χ1v) is 8.27. The van der Waals surface area contributed by atoms with Crippen LogP contribution in [0, 0.1) is 0 Å². The van der Waals surface area contributed by atoms with Crippen LogP contribution in [0.1, 0.15) is 29.8 Å². The molecule has 0 radical (unpaired) electrons. The number of carbonyl (C=O) groups excluding carboxylic acids is 2. The molecule has 0 saturated heterocycles. The molecular formula is C21H22O5. The molecule has 5 heteroatoms. The van der Waals surface area contributed by atoms with E-state index in [1.54, 1.807) is 55.7 Å². The maximum absolute atomic E-state index is 11.9. The highest BCUT2D eigenvalue weighted by Crippen LogP contribution is 2.29. The molecule has 0 amide bonds. The predicted molar refractivity (Wildman–Crippen MR) is 99.5 cm³/mol. The Hall–Kier alpha value is -3.08. The lowest BCUT2D eigenvalue weighted by Gasteiger charge is -2.13. The monoisotopic (exact) mass is 354 g/mol. The molecule has 0 atom stereocenters. The molecule has 2 aromatic carbocycles. The van der Waals surface area contributed by atoms with Gasteiger partial charge in [-0.25, -0.2) is 4.79 Å². The molecule has 136 valence electrons. The van der Waals surface area contributed by atoms with Gasteiger partial charge in [0.1, 0.15) is 0 Å². The van der Waals surface area contributed by atoms with Gasteiger partial charge in [0.05, 0.1) is 13.2 Å². The highest BCUT2D eigenvalue weighted by atomic mass is 16.5. The number of hydrogen-bond acceptors (Lipinski definition) is 5. The van der Waals surface area contributed by atoms with Crippen molar-refractivity contribution in [3.05, 3.63) is 65.7 Å². The van der Waals surface area contributed by atoms with Crippen LogP contribution >= 0.6 is 0 Å². The summed E-state index contributed by atoms with van der Waals surface area (Å²) in [6.45, 7) is 3.57. The minimum Gasteiger partial charge on any atom is -0.493 e. The van der Waals surface area contributed by atoms with Crippen molar-refractivity contribution in [3.8, 4) is 11.5 Å². The topological polar surface area (TPSA) is 61.8 Å². The Morgan fingerprint density at radius 2 is 1.77 bits per heavy atom. The van der Waals surface area contributed by atoms with E-state index in [0.717, 1.165) is 5.56 Å². The van der Waals surface area contributed by atoms with Gasteiger partial charge in [-0.1, -0.05) is 36.4 Å². The smallest absolute Gasteiger partial charge is 0.331 e. The van der Waals surface area contributed by atoms with Crippen LogP contribution < -0.4 is 9.47 Å². The molecule has 0 fully saturated rings. The number of hydrogen-bond donors (Lipinski definition) is 0. The molecule has 0 saturated carbocycles. The summed E-state index contributed by atoms with van der Waals surface area (Å²) in [4.78, 5) is 23.7. The number of ketones is 1. The number of ether oxygens (including phenoxy) is 3. The summed E-state index contributed by atoms with van der Waals surface area (Å²) in [7, 11) is 1.56. The Bertz CT molecular complexity index is 778. The van der Waals surface area contributed by atoms with Crippen LogP contribution in [-0.4, -0.2) is 31.6 Å². The summed E-state index contributed by atoms with van der Waals surface area (Å²) in [5, 5.41) is 0. The van der Waals surface area contributed by atoms with Gasteiger partial charge in [-0.05, 0) is 37.6 Å². The minimum absolute atomic E-state index is 0.0300. The number of carbonyl (C=O) groups is 2. The molecule has 0 aliphatic heterocycles. The van der Waals surface area contributed by atoms with E-state index in [1.165, 1.54) is 6.08 Å². The lowest BCUT2D eigenvalue weighted by atomic mass is 10.1. The largest absolute Gasteiger partial charge is 0.493 e. The maximum Gasteiger partial charge on any atom is 0.331 e. The quantitative estimate of drug-likeness (QED) is 0.408. The zero-order valence-corrected chi connectivity index (χ0v) is 15.1. The summed E-state index contributed by atoms with van der Waals surface area (Å²) in [6, 6.07) is 14.0. The molecule has 0 spiro atoms. The van der Waals surface area contributed by atoms with Crippen LogP contribution in [0.15, 0.2) is 54.6 Å². The van der Waals surface area contributed by atoms with Crippen LogP contribution in [0.25, 0.3) is 6.08 Å². The van der Waals surface area contributed by atoms with Crippen LogP contribution in [0.4, 0.5) is 0 Å². The van der Waals surface area contributed by atoms with Gasteiger partial charge in [-0.2, -0.15) is 0 Å². The maximum atomic E-state index is 11.9. The second-order valence-electron chi connectivity index (χ2n) is 5.81. The first-order chi connectivity index (χ1) is 12.5. The fraction of sp³-hybridized carbons (Fsp3) is 0.238. The van der Waals surface area contributed by atoms with E-state index in [1.807, 2.05) is 19.9 Å². The standard InChI is InChI=1S/C21H22O5/c1-15(2)26-19-11-9-16(13-20(19)24-3)10-12-21(23)25-14-18(22)17-7-5-4-6-8-17/h4-13,15H,14H2,1-3H3/b12-10+. The molecule has 0 heterocycles. The van der Waals surface area contributed by atoms with E-state index in [-0.39, 0.29) is 18.5 Å². The van der Waals surface area contributed by atoms with Crippen LogP contribution in [0.3, 0.4) is 0 Å². The van der Waals surface area contributed by atoms with Crippen LogP contribution in [-0.2, 0) is 9.53 Å². The van der Waals surface area contributed by atoms with Gasteiger partial charge in [0.2, 0.25) is 0 Å². The second-order valence-corrected chi connectivity index (χ2v) is 5.81. The van der Waals surface area contributed by atoms with Crippen molar-refractivity contribution in [1.29, 1.82) is 0 Å². The van der Waals surface area contributed by atoms with Gasteiger partial charge < -0.3 is 14.2 Å². The Morgan fingerprint density at radius 1 is 1.04 bits per heavy atom. The molecule has 2 aromatic rings. The number of esters is 1. The Morgan fingerprint density at radius 3 is 2.42 bits per heavy atom. The molecule has 2 rings (SSSR count). The van der Waals surface area contributed by atoms with E-state index in [9.17, 15) is 9.59 Å². The van der Waals surface area contributed by atoms with E-state index < -0.39 is 5.97 Å². The zero-order valence-electron chi connectivity index (χ0n) is 15.1. The zero-order chi connectivity index (χ0) is 18.9. The number of benzene rings is 2. The average Bonchev–Trinajstić information content (AvgIpc) is 2.65. The number of methoxy groups -OCH3 is 1. The molecule has 0 bridgehead atoms. The predicted octanol–water partition coefficient (Wildman–Crippen LogP) is 3.92. The van der Waals surface area contributed by atoms with Gasteiger partial charge in [0.15, 0.2) is 23.9 Å². The summed E-state index contributed by atoms with van der Waals surface area (Å²) < 4.78 is 15.9. The van der Waals surface area contributed by atoms with E-state index in [4.69, 9.17) is 14.2 Å². The van der Waals surface area contributed by atoms with Gasteiger partial charge >= 0.3 is 5.97 Å². The molecule has 0 aliphatic rings. The number of Topliss-reactive ketones (excluding diaryl/α,β-unsaturated/α-hetero) is 1. The summed E-state index contributed by atoms with van der Waals surface area (Å²) >= 11 is 0. The van der Waals surface area contributed by atoms with Crippen LogP contribution in [0.5, 0.6) is 11.5 Å². The Labute approximate surface area is 153 Å². The van der Waals surface area contributed by atoms with E-state index in [2.05, 4.69) is 0 Å². The van der Waals surface area contributed by atoms with Crippen molar-refractivity contribution < 1.29 is 23.8 Å². The lowest BCUT2D eigenvalue weighted by molar-refractivity contribution is -0.136. The highest BCUT2D eigenvalue weighted by Gasteiger charge is 2.09. The van der Waals surface area contributed by atoms with Gasteiger partial charge in [0.25, 0.3) is 0 Å². The molecule has 26 heavy (non-hydrogen) atoms. The third-order valence-electron chi connectivity index (χ3n) is 3.40. The molecule has 0 N–H and O–H groups in total.